The standard InChI is InChI=1S/C22H18ClN3O/c23-20-12-5-4-7-16(20)13-14-21(27)25-19-11-6-8-17(15-19)22(24)26-18-9-2-1-3-10-18/h1-15H,(H2,24,26)(H,25,27)/b14-13+. The number of anilines is 2. The Morgan fingerprint density at radius 1 is 0.852 bits per heavy atom. The van der Waals surface area contributed by atoms with Crippen molar-refractivity contribution in [2.45, 2.75) is 0 Å². The Morgan fingerprint density at radius 2 is 1.56 bits per heavy atom. The van der Waals surface area contributed by atoms with Gasteiger partial charge < -0.3 is 10.6 Å². The fourth-order valence-corrected chi connectivity index (χ4v) is 2.65. The highest BCUT2D eigenvalue weighted by atomic mass is 35.5. The van der Waals surface area contributed by atoms with Gasteiger partial charge in [0, 0.05) is 28.0 Å². The number of nitrogens with one attached hydrogen (secondary N) is 3. The summed E-state index contributed by atoms with van der Waals surface area (Å²) >= 11 is 6.08. The summed E-state index contributed by atoms with van der Waals surface area (Å²) in [6, 6.07) is 23.9. The first-order valence-electron chi connectivity index (χ1n) is 8.36. The monoisotopic (exact) mass is 375 g/mol. The molecule has 0 aliphatic heterocycles. The van der Waals surface area contributed by atoms with Crippen LogP contribution >= 0.6 is 11.6 Å². The SMILES string of the molecule is N=C(Nc1ccccc1)c1cccc(NC(=O)/C=C/c2ccccc2Cl)c1. The largest absolute Gasteiger partial charge is 0.340 e. The molecular weight excluding hydrogens is 358 g/mol. The number of halogens is 1. The maximum Gasteiger partial charge on any atom is 0.248 e. The van der Waals surface area contributed by atoms with Gasteiger partial charge in [-0.3, -0.25) is 10.2 Å². The molecule has 0 heterocycles. The van der Waals surface area contributed by atoms with Crippen molar-refractivity contribution in [3.05, 3.63) is 101 Å². The number of amidine groups is 1. The number of rotatable bonds is 5. The van der Waals surface area contributed by atoms with Crippen molar-refractivity contribution >= 4 is 40.8 Å². The van der Waals surface area contributed by atoms with E-state index in [0.717, 1.165) is 11.3 Å². The molecule has 0 atom stereocenters. The van der Waals surface area contributed by atoms with Crippen LogP contribution in [0.1, 0.15) is 11.1 Å². The highest BCUT2D eigenvalue weighted by Crippen LogP contribution is 2.17. The average molecular weight is 376 g/mol. The van der Waals surface area contributed by atoms with Crippen LogP contribution in [0.3, 0.4) is 0 Å². The van der Waals surface area contributed by atoms with Gasteiger partial charge in [0.15, 0.2) is 0 Å². The van der Waals surface area contributed by atoms with E-state index in [4.69, 9.17) is 17.0 Å². The normalized spacial score (nSPS) is 10.6. The second-order valence-electron chi connectivity index (χ2n) is 5.79. The summed E-state index contributed by atoms with van der Waals surface area (Å²) in [7, 11) is 0. The molecule has 0 fully saturated rings. The summed E-state index contributed by atoms with van der Waals surface area (Å²) < 4.78 is 0. The van der Waals surface area contributed by atoms with Crippen molar-refractivity contribution < 1.29 is 4.79 Å². The zero-order valence-corrected chi connectivity index (χ0v) is 15.2. The predicted octanol–water partition coefficient (Wildman–Crippen LogP) is 5.43. The van der Waals surface area contributed by atoms with Crippen LogP contribution in [0.4, 0.5) is 11.4 Å². The van der Waals surface area contributed by atoms with Gasteiger partial charge in [0.05, 0.1) is 0 Å². The first-order chi connectivity index (χ1) is 13.1. The maximum atomic E-state index is 12.2. The Balaban J connectivity index is 1.66. The van der Waals surface area contributed by atoms with E-state index in [-0.39, 0.29) is 11.7 Å². The smallest absolute Gasteiger partial charge is 0.248 e. The van der Waals surface area contributed by atoms with Crippen molar-refractivity contribution in [3.8, 4) is 0 Å². The molecule has 4 nitrogen and oxygen atoms in total. The lowest BCUT2D eigenvalue weighted by molar-refractivity contribution is -0.111. The summed E-state index contributed by atoms with van der Waals surface area (Å²) in [5, 5.41) is 14.6. The van der Waals surface area contributed by atoms with E-state index < -0.39 is 0 Å². The summed E-state index contributed by atoms with van der Waals surface area (Å²) in [4.78, 5) is 12.2. The number of benzene rings is 3. The third-order valence-electron chi connectivity index (χ3n) is 3.78. The number of hydrogen-bond acceptors (Lipinski definition) is 2. The third-order valence-corrected chi connectivity index (χ3v) is 4.13. The van der Waals surface area contributed by atoms with Crippen LogP contribution < -0.4 is 10.6 Å². The lowest BCUT2D eigenvalue weighted by atomic mass is 10.1. The van der Waals surface area contributed by atoms with Crippen LogP contribution in [0.15, 0.2) is 84.9 Å². The molecule has 3 aromatic carbocycles. The molecule has 0 aromatic heterocycles. The Bertz CT molecular complexity index is 984. The van der Waals surface area contributed by atoms with Gasteiger partial charge >= 0.3 is 0 Å². The third kappa shape index (κ3) is 5.30. The minimum absolute atomic E-state index is 0.254. The minimum atomic E-state index is -0.269. The highest BCUT2D eigenvalue weighted by Gasteiger charge is 2.05. The van der Waals surface area contributed by atoms with E-state index in [1.807, 2.05) is 54.6 Å². The topological polar surface area (TPSA) is 65.0 Å². The van der Waals surface area contributed by atoms with E-state index in [1.165, 1.54) is 6.08 Å². The first-order valence-corrected chi connectivity index (χ1v) is 8.74. The number of carbonyl (C=O) groups is 1. The van der Waals surface area contributed by atoms with E-state index >= 15 is 0 Å². The van der Waals surface area contributed by atoms with Crippen LogP contribution in [0, 0.1) is 5.41 Å². The fourth-order valence-electron chi connectivity index (χ4n) is 2.45. The molecular formula is C22H18ClN3O. The molecule has 0 aliphatic carbocycles. The lowest BCUT2D eigenvalue weighted by Crippen LogP contribution is -2.13. The van der Waals surface area contributed by atoms with Crippen LogP contribution in [0.2, 0.25) is 5.02 Å². The highest BCUT2D eigenvalue weighted by molar-refractivity contribution is 6.32. The second-order valence-corrected chi connectivity index (χ2v) is 6.20. The molecule has 0 aliphatic rings. The average Bonchev–Trinajstić information content (AvgIpc) is 2.68. The maximum absolute atomic E-state index is 12.2. The molecule has 0 saturated carbocycles. The summed E-state index contributed by atoms with van der Waals surface area (Å²) in [5.41, 5.74) is 2.89. The van der Waals surface area contributed by atoms with E-state index in [2.05, 4.69) is 10.6 Å². The van der Waals surface area contributed by atoms with Crippen molar-refractivity contribution in [1.82, 2.24) is 0 Å². The van der Waals surface area contributed by atoms with Crippen molar-refractivity contribution in [2.75, 3.05) is 10.6 Å². The molecule has 0 unspecified atom stereocenters. The molecule has 5 heteroatoms. The minimum Gasteiger partial charge on any atom is -0.340 e. The Morgan fingerprint density at radius 3 is 2.33 bits per heavy atom. The summed E-state index contributed by atoms with van der Waals surface area (Å²) in [6.07, 6.45) is 3.10. The van der Waals surface area contributed by atoms with Crippen molar-refractivity contribution in [2.24, 2.45) is 0 Å². The molecule has 134 valence electrons. The van der Waals surface area contributed by atoms with Crippen molar-refractivity contribution in [3.63, 3.8) is 0 Å². The Labute approximate surface area is 163 Å². The van der Waals surface area contributed by atoms with Gasteiger partial charge in [-0.15, -0.1) is 0 Å². The van der Waals surface area contributed by atoms with Crippen LogP contribution in [0.25, 0.3) is 6.08 Å². The number of carbonyl (C=O) groups excluding carboxylic acids is 1. The van der Waals surface area contributed by atoms with Gasteiger partial charge in [-0.25, -0.2) is 0 Å². The molecule has 0 bridgehead atoms. The van der Waals surface area contributed by atoms with Gasteiger partial charge in [0.25, 0.3) is 0 Å². The first kappa shape index (κ1) is 18.4. The van der Waals surface area contributed by atoms with Gasteiger partial charge in [-0.2, -0.15) is 0 Å². The fraction of sp³-hybridized carbons (Fsp3) is 0. The Kier molecular flexibility index (Phi) is 6.02. The zero-order chi connectivity index (χ0) is 19.1. The molecule has 0 saturated heterocycles. The van der Waals surface area contributed by atoms with E-state index in [0.29, 0.717) is 16.3 Å². The zero-order valence-electron chi connectivity index (χ0n) is 14.4. The molecule has 3 rings (SSSR count). The predicted molar refractivity (Wildman–Crippen MR) is 112 cm³/mol. The molecule has 3 aromatic rings. The van der Waals surface area contributed by atoms with Crippen LogP contribution in [0.5, 0.6) is 0 Å². The van der Waals surface area contributed by atoms with Crippen molar-refractivity contribution in [1.29, 1.82) is 5.41 Å². The van der Waals surface area contributed by atoms with Gasteiger partial charge in [0.2, 0.25) is 5.91 Å². The quantitative estimate of drug-likeness (QED) is 0.316. The van der Waals surface area contributed by atoms with E-state index in [9.17, 15) is 4.79 Å². The summed E-state index contributed by atoms with van der Waals surface area (Å²) in [5.74, 6) is -0.0153. The van der Waals surface area contributed by atoms with Gasteiger partial charge in [0.1, 0.15) is 5.84 Å². The van der Waals surface area contributed by atoms with Gasteiger partial charge in [-0.05, 0) is 42.0 Å². The van der Waals surface area contributed by atoms with Crippen LogP contribution in [-0.2, 0) is 4.79 Å². The molecule has 1 amide bonds. The molecule has 0 radical (unpaired) electrons. The number of hydrogen-bond donors (Lipinski definition) is 3. The Hall–Kier alpha value is -3.37. The second kappa shape index (κ2) is 8.83. The number of para-hydroxylation sites is 1. The molecule has 27 heavy (non-hydrogen) atoms. The van der Waals surface area contributed by atoms with Gasteiger partial charge in [-0.1, -0.05) is 60.1 Å². The van der Waals surface area contributed by atoms with E-state index in [1.54, 1.807) is 30.3 Å². The lowest BCUT2D eigenvalue weighted by Gasteiger charge is -2.10. The number of amides is 1. The van der Waals surface area contributed by atoms with Crippen LogP contribution in [-0.4, -0.2) is 11.7 Å². The molecule has 0 spiro atoms. The molecule has 3 N–H and O–H groups in total. The summed E-state index contributed by atoms with van der Waals surface area (Å²) in [6.45, 7) is 0.